The predicted molar refractivity (Wildman–Crippen MR) is 67.7 cm³/mol. The van der Waals surface area contributed by atoms with Crippen LogP contribution in [0.2, 0.25) is 0 Å². The number of halogens is 1. The summed E-state index contributed by atoms with van der Waals surface area (Å²) < 4.78 is 7.60. The predicted octanol–water partition coefficient (Wildman–Crippen LogP) is 1.63. The highest BCUT2D eigenvalue weighted by Gasteiger charge is 2.20. The number of rotatable bonds is 3. The van der Waals surface area contributed by atoms with E-state index in [4.69, 9.17) is 10.5 Å². The highest BCUT2D eigenvalue weighted by Crippen LogP contribution is 2.30. The second-order valence-electron chi connectivity index (χ2n) is 3.61. The maximum Gasteiger partial charge on any atom is 0.153 e. The van der Waals surface area contributed by atoms with Gasteiger partial charge in [-0.2, -0.15) is 0 Å². The molecule has 2 aromatic rings. The van der Waals surface area contributed by atoms with Crippen molar-refractivity contribution in [3.8, 4) is 5.75 Å². The molecule has 2 rings (SSSR count). The molecule has 1 aromatic carbocycles. The molecule has 0 aliphatic carbocycles. The number of nitrogens with two attached hydrogens (primary N) is 1. The van der Waals surface area contributed by atoms with Gasteiger partial charge in [-0.25, -0.2) is 4.68 Å². The summed E-state index contributed by atoms with van der Waals surface area (Å²) in [4.78, 5) is 0. The quantitative estimate of drug-likeness (QED) is 0.935. The molecule has 1 atom stereocenters. The minimum atomic E-state index is -0.333. The summed E-state index contributed by atoms with van der Waals surface area (Å²) in [6, 6.07) is 7.32. The molecule has 0 spiro atoms. The Morgan fingerprint density at radius 2 is 2.12 bits per heavy atom. The first-order valence-corrected chi connectivity index (χ1v) is 5.88. The lowest BCUT2D eigenvalue weighted by molar-refractivity contribution is 0.407. The van der Waals surface area contributed by atoms with Gasteiger partial charge in [-0.15, -0.1) is 5.10 Å². The Morgan fingerprint density at radius 3 is 2.71 bits per heavy atom. The van der Waals surface area contributed by atoms with Gasteiger partial charge in [-0.3, -0.25) is 0 Å². The van der Waals surface area contributed by atoms with E-state index in [2.05, 4.69) is 26.2 Å². The molecule has 0 fully saturated rings. The molecule has 0 amide bonds. The monoisotopic (exact) mass is 296 g/mol. The van der Waals surface area contributed by atoms with Gasteiger partial charge in [-0.05, 0) is 22.0 Å². The molecule has 90 valence electrons. The topological polar surface area (TPSA) is 66.0 Å². The van der Waals surface area contributed by atoms with Gasteiger partial charge in [0, 0.05) is 12.6 Å². The molecule has 0 saturated carbocycles. The Balaban J connectivity index is 2.47. The van der Waals surface area contributed by atoms with E-state index in [9.17, 15) is 0 Å². The fourth-order valence-corrected chi connectivity index (χ4v) is 2.31. The van der Waals surface area contributed by atoms with Crippen molar-refractivity contribution in [2.75, 3.05) is 7.11 Å². The molecule has 1 aromatic heterocycles. The molecule has 5 nitrogen and oxygen atoms in total. The second-order valence-corrected chi connectivity index (χ2v) is 4.36. The molecular formula is C11H13BrN4O. The number of aryl methyl sites for hydroxylation is 1. The standard InChI is InChI=1S/C11H13BrN4O/c1-16-10(11(12)14-15-16)9(13)7-5-3-4-6-8(7)17-2/h3-6,9H,13H2,1-2H3. The smallest absolute Gasteiger partial charge is 0.153 e. The van der Waals surface area contributed by atoms with Gasteiger partial charge in [0.2, 0.25) is 0 Å². The van der Waals surface area contributed by atoms with Gasteiger partial charge in [0.05, 0.1) is 18.8 Å². The molecule has 0 aliphatic heterocycles. The number of aromatic nitrogens is 3. The van der Waals surface area contributed by atoms with Crippen molar-refractivity contribution < 1.29 is 4.74 Å². The lowest BCUT2D eigenvalue weighted by Gasteiger charge is -2.15. The van der Waals surface area contributed by atoms with Crippen LogP contribution in [0.25, 0.3) is 0 Å². The third-order valence-corrected chi connectivity index (χ3v) is 3.16. The molecular weight excluding hydrogens is 284 g/mol. The van der Waals surface area contributed by atoms with E-state index in [-0.39, 0.29) is 6.04 Å². The summed E-state index contributed by atoms with van der Waals surface area (Å²) in [6.45, 7) is 0. The van der Waals surface area contributed by atoms with Gasteiger partial charge in [0.15, 0.2) is 4.60 Å². The lowest BCUT2D eigenvalue weighted by atomic mass is 10.0. The van der Waals surface area contributed by atoms with Crippen LogP contribution in [-0.2, 0) is 7.05 Å². The zero-order valence-corrected chi connectivity index (χ0v) is 11.2. The van der Waals surface area contributed by atoms with Crippen LogP contribution in [0, 0.1) is 0 Å². The van der Waals surface area contributed by atoms with Crippen LogP contribution in [0.4, 0.5) is 0 Å². The number of benzene rings is 1. The van der Waals surface area contributed by atoms with Crippen LogP contribution in [-0.4, -0.2) is 22.1 Å². The maximum atomic E-state index is 6.23. The number of para-hydroxylation sites is 1. The van der Waals surface area contributed by atoms with E-state index >= 15 is 0 Å². The molecule has 2 N–H and O–H groups in total. The summed E-state index contributed by atoms with van der Waals surface area (Å²) >= 11 is 3.35. The Bertz CT molecular complexity index is 506. The van der Waals surface area contributed by atoms with Gasteiger partial charge in [0.25, 0.3) is 0 Å². The first-order valence-electron chi connectivity index (χ1n) is 5.08. The van der Waals surface area contributed by atoms with Crippen molar-refractivity contribution >= 4 is 15.9 Å². The zero-order valence-electron chi connectivity index (χ0n) is 9.59. The summed E-state index contributed by atoms with van der Waals surface area (Å²) in [6.07, 6.45) is 0. The lowest BCUT2D eigenvalue weighted by Crippen LogP contribution is -2.17. The van der Waals surface area contributed by atoms with Crippen molar-refractivity contribution in [1.82, 2.24) is 15.0 Å². The van der Waals surface area contributed by atoms with Crippen LogP contribution in [0.1, 0.15) is 17.3 Å². The SMILES string of the molecule is COc1ccccc1C(N)c1c(Br)nnn1C. The minimum Gasteiger partial charge on any atom is -0.496 e. The average molecular weight is 297 g/mol. The molecule has 17 heavy (non-hydrogen) atoms. The molecule has 0 bridgehead atoms. The third-order valence-electron chi connectivity index (χ3n) is 2.60. The summed E-state index contributed by atoms with van der Waals surface area (Å²) in [5.74, 6) is 0.758. The molecule has 0 saturated heterocycles. The summed E-state index contributed by atoms with van der Waals surface area (Å²) in [5.41, 5.74) is 7.95. The fraction of sp³-hybridized carbons (Fsp3) is 0.273. The number of nitrogens with zero attached hydrogens (tertiary/aromatic N) is 3. The van der Waals surface area contributed by atoms with Crippen LogP contribution in [0.5, 0.6) is 5.75 Å². The van der Waals surface area contributed by atoms with E-state index in [0.29, 0.717) is 4.60 Å². The first kappa shape index (κ1) is 12.1. The van der Waals surface area contributed by atoms with Crippen molar-refractivity contribution in [2.45, 2.75) is 6.04 Å². The average Bonchev–Trinajstić information content (AvgIpc) is 2.68. The second kappa shape index (κ2) is 4.85. The third kappa shape index (κ3) is 2.18. The van der Waals surface area contributed by atoms with Crippen LogP contribution in [0.15, 0.2) is 28.9 Å². The number of hydrogen-bond donors (Lipinski definition) is 1. The van der Waals surface area contributed by atoms with Crippen molar-refractivity contribution in [3.63, 3.8) is 0 Å². The maximum absolute atomic E-state index is 6.23. The van der Waals surface area contributed by atoms with Gasteiger partial charge < -0.3 is 10.5 Å². The highest BCUT2D eigenvalue weighted by molar-refractivity contribution is 9.10. The van der Waals surface area contributed by atoms with E-state index < -0.39 is 0 Å². The van der Waals surface area contributed by atoms with Crippen molar-refractivity contribution in [3.05, 3.63) is 40.1 Å². The van der Waals surface area contributed by atoms with Crippen LogP contribution >= 0.6 is 15.9 Å². The van der Waals surface area contributed by atoms with E-state index in [1.165, 1.54) is 0 Å². The van der Waals surface area contributed by atoms with Gasteiger partial charge in [-0.1, -0.05) is 23.4 Å². The number of ether oxygens (including phenoxy) is 1. The zero-order chi connectivity index (χ0) is 12.4. The molecule has 0 aliphatic rings. The van der Waals surface area contributed by atoms with Crippen LogP contribution < -0.4 is 10.5 Å². The highest BCUT2D eigenvalue weighted by atomic mass is 79.9. The van der Waals surface area contributed by atoms with E-state index in [1.807, 2.05) is 31.3 Å². The minimum absolute atomic E-state index is 0.333. The Kier molecular flexibility index (Phi) is 3.44. The summed E-state index contributed by atoms with van der Waals surface area (Å²) in [5, 5.41) is 7.84. The van der Waals surface area contributed by atoms with E-state index in [1.54, 1.807) is 11.8 Å². The van der Waals surface area contributed by atoms with Gasteiger partial charge >= 0.3 is 0 Å². The number of hydrogen-bond acceptors (Lipinski definition) is 4. The molecule has 0 radical (unpaired) electrons. The van der Waals surface area contributed by atoms with Crippen LogP contribution in [0.3, 0.4) is 0 Å². The van der Waals surface area contributed by atoms with Gasteiger partial charge in [0.1, 0.15) is 5.75 Å². The Morgan fingerprint density at radius 1 is 1.41 bits per heavy atom. The van der Waals surface area contributed by atoms with E-state index in [0.717, 1.165) is 17.0 Å². The summed E-state index contributed by atoms with van der Waals surface area (Å²) in [7, 11) is 3.43. The molecule has 1 unspecified atom stereocenters. The fourth-order valence-electron chi connectivity index (χ4n) is 1.74. The normalized spacial score (nSPS) is 12.5. The Labute approximate surface area is 108 Å². The Hall–Kier alpha value is -1.40. The first-order chi connectivity index (χ1) is 8.15. The largest absolute Gasteiger partial charge is 0.496 e. The molecule has 6 heteroatoms. The van der Waals surface area contributed by atoms with Crippen molar-refractivity contribution in [1.29, 1.82) is 0 Å². The molecule has 1 heterocycles. The van der Waals surface area contributed by atoms with Crippen molar-refractivity contribution in [2.24, 2.45) is 12.8 Å². The number of methoxy groups -OCH3 is 1.